The molecule has 546 valence electrons. The maximum atomic E-state index is 13.5. The van der Waals surface area contributed by atoms with E-state index in [0.29, 0.717) is 153 Å². The van der Waals surface area contributed by atoms with E-state index in [1.807, 2.05) is 11.8 Å². The summed E-state index contributed by atoms with van der Waals surface area (Å²) in [7, 11) is -2.74. The molecule has 3 heterocycles. The molecule has 1 fully saturated rings. The number of carboxylic acids is 4. The number of amides is 4. The quantitative estimate of drug-likeness (QED) is 0.0260. The van der Waals surface area contributed by atoms with Crippen molar-refractivity contribution in [2.24, 2.45) is 12.8 Å². The van der Waals surface area contributed by atoms with Crippen molar-refractivity contribution in [3.63, 3.8) is 0 Å². The van der Waals surface area contributed by atoms with Crippen LogP contribution >= 0.6 is 0 Å². The predicted molar refractivity (Wildman–Crippen MR) is 362 cm³/mol. The molecule has 1 unspecified atom stereocenters. The third kappa shape index (κ3) is 31.1. The van der Waals surface area contributed by atoms with E-state index in [1.165, 1.54) is 18.3 Å². The number of anilines is 1. The zero-order valence-electron chi connectivity index (χ0n) is 56.8. The molecule has 5 rings (SSSR count). The van der Waals surface area contributed by atoms with Crippen LogP contribution in [0.1, 0.15) is 85.8 Å². The first-order valence-corrected chi connectivity index (χ1v) is 34.3. The number of rotatable bonds is 42. The third-order valence-electron chi connectivity index (χ3n) is 15.2. The molecule has 4 aromatic rings. The van der Waals surface area contributed by atoms with Crippen molar-refractivity contribution in [1.29, 1.82) is 0 Å². The molecule has 0 aliphatic carbocycles. The summed E-state index contributed by atoms with van der Waals surface area (Å²) in [5, 5.41) is 52.0. The molecule has 1 aliphatic heterocycles. The number of unbranched alkanes of at least 4 members (excludes halogenated alkanes) is 1. The predicted octanol–water partition coefficient (Wildman–Crippen LogP) is -0.0112. The molecule has 98 heavy (non-hydrogen) atoms. The largest absolute Gasteiger partial charge is 0.494 e. The number of aliphatic carboxylic acids is 4. The number of fused-ring (bicyclic) bond motifs is 1. The van der Waals surface area contributed by atoms with Gasteiger partial charge in [-0.25, -0.2) is 13.4 Å². The molecule has 2 aromatic carbocycles. The molecule has 1 saturated heterocycles. The summed E-state index contributed by atoms with van der Waals surface area (Å²) in [6.07, 6.45) is 8.78. The average Bonchev–Trinajstić information content (AvgIpc) is 0.842. The lowest BCUT2D eigenvalue weighted by Crippen LogP contribution is -2.52. The number of nitrogens with zero attached hydrogens (tertiary/aromatic N) is 6. The van der Waals surface area contributed by atoms with Crippen LogP contribution in [-0.4, -0.2) is 274 Å². The monoisotopic (exact) mass is 1400 g/mol. The summed E-state index contributed by atoms with van der Waals surface area (Å²) in [5.41, 5.74) is 6.78. The van der Waals surface area contributed by atoms with Crippen molar-refractivity contribution in [1.82, 2.24) is 60.1 Å². The first kappa shape index (κ1) is 82.2. The molecule has 4 amide bonds. The Kier molecular flexibility index (Phi) is 37.5. The topological polar surface area (TPSA) is 450 Å². The van der Waals surface area contributed by atoms with E-state index in [-0.39, 0.29) is 85.9 Å². The molecule has 34 heteroatoms. The summed E-state index contributed by atoms with van der Waals surface area (Å²) < 4.78 is 52.9. The van der Waals surface area contributed by atoms with E-state index >= 15 is 0 Å². The van der Waals surface area contributed by atoms with Gasteiger partial charge in [-0.05, 0) is 107 Å². The summed E-state index contributed by atoms with van der Waals surface area (Å²) in [6, 6.07) is 5.72. The fourth-order valence-corrected chi connectivity index (χ4v) is 12.0. The van der Waals surface area contributed by atoms with E-state index in [9.17, 15) is 72.0 Å². The van der Waals surface area contributed by atoms with Crippen LogP contribution in [0.4, 0.5) is 5.95 Å². The van der Waals surface area contributed by atoms with Gasteiger partial charge in [0.25, 0.3) is 5.91 Å². The van der Waals surface area contributed by atoms with Gasteiger partial charge in [-0.15, -0.1) is 0 Å². The number of likely N-dealkylation sites (N-methyl/N-ethyl adjacent to an activating group) is 1. The number of ether oxygens (including phenoxy) is 4. The molecule has 13 N–H and O–H groups in total. The van der Waals surface area contributed by atoms with Crippen molar-refractivity contribution in [2.75, 3.05) is 156 Å². The summed E-state index contributed by atoms with van der Waals surface area (Å²) in [6.45, 7) is 13.2. The molecule has 1 aliphatic rings. The van der Waals surface area contributed by atoms with E-state index in [0.717, 1.165) is 25.0 Å². The number of nitrogens with one attached hydrogen (secondary N) is 7. The normalized spacial score (nSPS) is 14.3. The summed E-state index contributed by atoms with van der Waals surface area (Å²) in [4.78, 5) is 124. The highest BCUT2D eigenvalue weighted by Crippen LogP contribution is 2.26. The Hall–Kier alpha value is -8.19. The van der Waals surface area contributed by atoms with E-state index in [2.05, 4.69) is 41.3 Å². The second-order valence-electron chi connectivity index (χ2n) is 23.3. The number of H-pyrrole nitrogens is 1. The highest BCUT2D eigenvalue weighted by Gasteiger charge is 2.30. The number of aromatic amines is 1. The van der Waals surface area contributed by atoms with Gasteiger partial charge in [0.1, 0.15) is 23.4 Å². The molecule has 0 saturated carbocycles. The number of carboxylic acid groups (broad SMARTS) is 4. The van der Waals surface area contributed by atoms with Crippen LogP contribution in [0.25, 0.3) is 10.9 Å². The zero-order chi connectivity index (χ0) is 72.0. The highest BCUT2D eigenvalue weighted by molar-refractivity contribution is 7.89. The molecule has 0 radical (unpaired) electrons. The number of carbonyl (C=O) groups excluding carboxylic acids is 4. The van der Waals surface area contributed by atoms with Gasteiger partial charge < -0.3 is 81.2 Å². The number of aryl methyl sites for hydroxylation is 3. The lowest BCUT2D eigenvalue weighted by molar-refractivity contribution is -0.140. The average molecular weight is 1400 g/mol. The number of carbonyl (C=O) groups is 8. The van der Waals surface area contributed by atoms with Crippen LogP contribution in [0, 0.1) is 13.8 Å². The second kappa shape index (κ2) is 44.7. The zero-order valence-corrected chi connectivity index (χ0v) is 57.6. The van der Waals surface area contributed by atoms with Crippen LogP contribution in [-0.2, 0) is 71.4 Å². The number of nitrogens with two attached hydrogens (primary N) is 1. The van der Waals surface area contributed by atoms with E-state index in [1.54, 1.807) is 77.7 Å². The Morgan fingerprint density at radius 2 is 1.26 bits per heavy atom. The van der Waals surface area contributed by atoms with Crippen molar-refractivity contribution >= 4 is 74.4 Å². The standard InChI is InChI=1S/C40H55N7O11S.C24H45N7O8/c1-5-14-55-17-19-57-20-18-56-15-7-11-41-35(48)8-6-16-58-30-21-27(2)37(28(3)22-30)59(53,54)46-33(39(51)52)25-44-38(50)32-26-47(4)34-23-29(9-10-31(34)36(32)49)24-45-40-42-12-13-43-40;1-2-26-24(39)19(5-3-4-6-25)27-20(32)15-28-7-9-29(16-21(33)34)11-13-31(18-23(37)38)14-12-30(10-8-28)17-22(35)36/h9-10,12-13,21-23,26,33,46H,5-8,11,14-20,24-25H2,1-4H3,(H,41,48)(H,44,50)(H,51,52)(H2,42,43,45);19H,2-18,25H2,1H3,(H,26,39)(H,27,32)(H,33,34)(H,35,36)(H,37,38)/t;19-/m.1/s1. The smallest absolute Gasteiger partial charge is 0.323 e. The number of hydrogen-bond acceptors (Lipinski definition) is 22. The fourth-order valence-electron chi connectivity index (χ4n) is 10.4. The van der Waals surface area contributed by atoms with Crippen LogP contribution in [0.2, 0.25) is 0 Å². The van der Waals surface area contributed by atoms with Crippen LogP contribution in [0.5, 0.6) is 5.75 Å². The minimum Gasteiger partial charge on any atom is -0.494 e. The van der Waals surface area contributed by atoms with Crippen molar-refractivity contribution in [2.45, 2.75) is 96.2 Å². The first-order chi connectivity index (χ1) is 46.8. The molecule has 0 bridgehead atoms. The minimum atomic E-state index is -4.41. The van der Waals surface area contributed by atoms with Crippen molar-refractivity contribution in [3.05, 3.63) is 81.4 Å². The summed E-state index contributed by atoms with van der Waals surface area (Å²) >= 11 is 0. The molecular formula is C64H100N14O19S. The number of aromatic nitrogens is 3. The van der Waals surface area contributed by atoms with Gasteiger partial charge in [0.15, 0.2) is 5.95 Å². The second-order valence-corrected chi connectivity index (χ2v) is 25.0. The van der Waals surface area contributed by atoms with Gasteiger partial charge in [-0.3, -0.25) is 62.8 Å². The lowest BCUT2D eigenvalue weighted by Gasteiger charge is -2.33. The lowest BCUT2D eigenvalue weighted by atomic mass is 10.1. The van der Waals surface area contributed by atoms with Crippen molar-refractivity contribution in [3.8, 4) is 5.75 Å². The van der Waals surface area contributed by atoms with Gasteiger partial charge in [0.2, 0.25) is 33.2 Å². The Morgan fingerprint density at radius 1 is 0.684 bits per heavy atom. The van der Waals surface area contributed by atoms with Gasteiger partial charge in [0, 0.05) is 129 Å². The number of hydrogen-bond donors (Lipinski definition) is 12. The minimum absolute atomic E-state index is 0.0558. The maximum absolute atomic E-state index is 13.5. The van der Waals surface area contributed by atoms with Crippen LogP contribution < -0.4 is 47.2 Å². The molecule has 33 nitrogen and oxygen atoms in total. The van der Waals surface area contributed by atoms with E-state index in [4.69, 9.17) is 24.7 Å². The first-order valence-electron chi connectivity index (χ1n) is 32.8. The van der Waals surface area contributed by atoms with Gasteiger partial charge >= 0.3 is 23.9 Å². The number of benzene rings is 2. The Bertz CT molecular complexity index is 3300. The van der Waals surface area contributed by atoms with Crippen LogP contribution in [0.3, 0.4) is 0 Å². The SMILES string of the molecule is CCCOCCOCCOCCCNC(=O)CCCOc1cc(C)c(S(=O)(=O)NC(CNC(=O)c2cn(C)c3cc(CNc4ncc[nH]4)ccc3c2=O)C(=O)O)c(C)c1.CCNC(=O)[C@@H](CCCCN)NC(=O)CN1CCN(CC(=O)O)CCN(CC(=O)O)CCN(CC(=O)O)CC1. The fraction of sp³-hybridized carbons (Fsp3) is 0.594. The molecular weight excluding hydrogens is 1300 g/mol. The Labute approximate surface area is 570 Å². The number of pyridine rings is 1. The number of imidazole rings is 1. The molecule has 2 aromatic heterocycles. The van der Waals surface area contributed by atoms with Gasteiger partial charge in [-0.1, -0.05) is 13.0 Å². The number of sulfonamides is 1. The van der Waals surface area contributed by atoms with Crippen molar-refractivity contribution < 1.29 is 86.1 Å². The van der Waals surface area contributed by atoms with Gasteiger partial charge in [-0.2, -0.15) is 4.72 Å². The van der Waals surface area contributed by atoms with Crippen LogP contribution in [0.15, 0.2) is 58.6 Å². The maximum Gasteiger partial charge on any atom is 0.323 e. The summed E-state index contributed by atoms with van der Waals surface area (Å²) in [5.74, 6) is -5.26. The molecule has 0 spiro atoms. The molecule has 2 atom stereocenters. The third-order valence-corrected chi connectivity index (χ3v) is 17.0. The van der Waals surface area contributed by atoms with Gasteiger partial charge in [0.05, 0.1) is 69.6 Å². The Morgan fingerprint density at radius 3 is 1.79 bits per heavy atom. The Balaban J connectivity index is 0.000000455. The highest BCUT2D eigenvalue weighted by atomic mass is 32.2. The van der Waals surface area contributed by atoms with E-state index < -0.39 is 63.9 Å².